The number of hydrazine groups is 2. The van der Waals surface area contributed by atoms with Gasteiger partial charge in [0.2, 0.25) is 0 Å². The maximum absolute atomic E-state index is 13.4. The molecule has 184 valence electrons. The van der Waals surface area contributed by atoms with Gasteiger partial charge in [-0.3, -0.25) is 10.0 Å². The van der Waals surface area contributed by atoms with Crippen LogP contribution in [0, 0.1) is 13.8 Å². The number of nitrogens with zero attached hydrogens (tertiary/aromatic N) is 2. The van der Waals surface area contributed by atoms with Crippen molar-refractivity contribution in [3.8, 4) is 22.3 Å². The Kier molecular flexibility index (Phi) is 6.52. The van der Waals surface area contributed by atoms with E-state index in [0.717, 1.165) is 27.8 Å². The molecule has 1 heterocycles. The highest BCUT2D eigenvalue weighted by molar-refractivity contribution is 5.77. The second-order valence-corrected chi connectivity index (χ2v) is 11.6. The molecule has 0 unspecified atom stereocenters. The predicted molar refractivity (Wildman–Crippen MR) is 144 cm³/mol. The smallest absolute Gasteiger partial charge is 0.251 e. The molecule has 2 N–H and O–H groups in total. The van der Waals surface area contributed by atoms with Gasteiger partial charge in [-0.2, -0.15) is 0 Å². The van der Waals surface area contributed by atoms with E-state index >= 15 is 0 Å². The van der Waals surface area contributed by atoms with Crippen LogP contribution in [0.3, 0.4) is 0 Å². The molecule has 1 fully saturated rings. The fourth-order valence-corrected chi connectivity index (χ4v) is 4.25. The number of carbonyl (C=O) groups is 1. The van der Waals surface area contributed by atoms with Crippen molar-refractivity contribution >= 4 is 6.03 Å². The van der Waals surface area contributed by atoms with Crippen LogP contribution in [0.1, 0.15) is 64.4 Å². The van der Waals surface area contributed by atoms with Crippen molar-refractivity contribution in [2.45, 2.75) is 72.6 Å². The van der Waals surface area contributed by atoms with Gasteiger partial charge in [0, 0.05) is 0 Å². The zero-order valence-corrected chi connectivity index (χ0v) is 22.2. The average Bonchev–Trinajstić information content (AvgIpc) is 2.78. The first-order valence-corrected chi connectivity index (χ1v) is 12.3. The molecule has 0 saturated carbocycles. The van der Waals surface area contributed by atoms with E-state index in [4.69, 9.17) is 0 Å². The Morgan fingerprint density at radius 2 is 0.971 bits per heavy atom. The Labute approximate surface area is 210 Å². The van der Waals surface area contributed by atoms with Crippen molar-refractivity contribution in [3.05, 3.63) is 83.4 Å². The molecular formula is C30H38N4O. The maximum Gasteiger partial charge on any atom is 0.349 e. The van der Waals surface area contributed by atoms with E-state index in [-0.39, 0.29) is 12.2 Å². The van der Waals surface area contributed by atoms with Gasteiger partial charge in [0.1, 0.15) is 6.17 Å². The van der Waals surface area contributed by atoms with Crippen LogP contribution in [0.5, 0.6) is 0 Å². The molecule has 0 aliphatic carbocycles. The quantitative estimate of drug-likeness (QED) is 0.434. The van der Waals surface area contributed by atoms with Crippen molar-refractivity contribution in [1.29, 1.82) is 0 Å². The number of hydrogen-bond donors (Lipinski definition) is 2. The molecule has 1 saturated heterocycles. The third-order valence-electron chi connectivity index (χ3n) is 6.30. The van der Waals surface area contributed by atoms with Crippen molar-refractivity contribution in [2.24, 2.45) is 0 Å². The standard InChI is InChI=1S/C30H38N4O/c1-20-9-13-22(14-10-20)24-17-25(23-15-11-21(2)12-16-23)19-26(18-24)27-31-33(29(3,4)5)28(35)34(32-27)30(6,7)8/h9-19,27,31-32H,1-8H3. The highest BCUT2D eigenvalue weighted by Crippen LogP contribution is 2.33. The highest BCUT2D eigenvalue weighted by atomic mass is 16.2. The van der Waals surface area contributed by atoms with Gasteiger partial charge in [0.05, 0.1) is 11.1 Å². The molecule has 2 amide bonds. The molecule has 0 aromatic heterocycles. The summed E-state index contributed by atoms with van der Waals surface area (Å²) in [7, 11) is 0. The Hall–Kier alpha value is -3.15. The first-order chi connectivity index (χ1) is 16.3. The summed E-state index contributed by atoms with van der Waals surface area (Å²) in [6.07, 6.45) is -0.277. The fourth-order valence-electron chi connectivity index (χ4n) is 4.25. The van der Waals surface area contributed by atoms with Gasteiger partial charge >= 0.3 is 6.03 Å². The second kappa shape index (κ2) is 9.14. The molecule has 0 spiro atoms. The van der Waals surface area contributed by atoms with Crippen LogP contribution in [0.2, 0.25) is 0 Å². The van der Waals surface area contributed by atoms with Crippen LogP contribution in [0.25, 0.3) is 22.3 Å². The van der Waals surface area contributed by atoms with E-state index in [1.165, 1.54) is 11.1 Å². The first kappa shape index (κ1) is 25.0. The summed E-state index contributed by atoms with van der Waals surface area (Å²) in [5, 5.41) is 3.48. The topological polar surface area (TPSA) is 47.6 Å². The SMILES string of the molecule is Cc1ccc(-c2cc(-c3ccc(C)cc3)cc(C3NN(C(C)(C)C)C(=O)N(C(C)(C)C)N3)c2)cc1. The lowest BCUT2D eigenvalue weighted by Crippen LogP contribution is -2.72. The largest absolute Gasteiger partial charge is 0.349 e. The Balaban J connectivity index is 1.84. The molecule has 1 aliphatic rings. The molecule has 1 aliphatic heterocycles. The Bertz CT molecular complexity index is 1110. The number of aryl methyl sites for hydroxylation is 2. The summed E-state index contributed by atoms with van der Waals surface area (Å²) in [5.41, 5.74) is 14.3. The zero-order chi connectivity index (χ0) is 25.5. The molecule has 0 bridgehead atoms. The normalized spacial score (nSPS) is 15.6. The maximum atomic E-state index is 13.4. The lowest BCUT2D eigenvalue weighted by molar-refractivity contribution is -0.0413. The molecule has 4 rings (SSSR count). The van der Waals surface area contributed by atoms with E-state index < -0.39 is 11.1 Å². The van der Waals surface area contributed by atoms with Gasteiger partial charge in [-0.25, -0.2) is 15.6 Å². The summed E-state index contributed by atoms with van der Waals surface area (Å²) < 4.78 is 0. The van der Waals surface area contributed by atoms with Crippen molar-refractivity contribution in [2.75, 3.05) is 0 Å². The molecule has 3 aromatic carbocycles. The number of hydrogen-bond acceptors (Lipinski definition) is 3. The number of urea groups is 1. The van der Waals surface area contributed by atoms with Gasteiger partial charge in [0.15, 0.2) is 0 Å². The highest BCUT2D eigenvalue weighted by Gasteiger charge is 2.42. The van der Waals surface area contributed by atoms with Crippen LogP contribution in [-0.2, 0) is 0 Å². The molecule has 35 heavy (non-hydrogen) atoms. The van der Waals surface area contributed by atoms with Gasteiger partial charge in [-0.1, -0.05) is 59.7 Å². The van der Waals surface area contributed by atoms with Crippen LogP contribution in [0.15, 0.2) is 66.7 Å². The minimum atomic E-state index is -0.394. The van der Waals surface area contributed by atoms with E-state index in [0.29, 0.717) is 0 Å². The van der Waals surface area contributed by atoms with Crippen molar-refractivity contribution in [3.63, 3.8) is 0 Å². The van der Waals surface area contributed by atoms with Gasteiger partial charge in [0.25, 0.3) is 0 Å². The minimum absolute atomic E-state index is 0.0882. The lowest BCUT2D eigenvalue weighted by Gasteiger charge is -2.50. The van der Waals surface area contributed by atoms with Gasteiger partial charge < -0.3 is 0 Å². The minimum Gasteiger partial charge on any atom is -0.251 e. The number of carbonyl (C=O) groups excluding carboxylic acids is 1. The summed E-state index contributed by atoms with van der Waals surface area (Å²) in [5.74, 6) is 0. The Morgan fingerprint density at radius 3 is 1.31 bits per heavy atom. The van der Waals surface area contributed by atoms with E-state index in [2.05, 4.69) is 91.4 Å². The van der Waals surface area contributed by atoms with Crippen molar-refractivity contribution < 1.29 is 4.79 Å². The summed E-state index contributed by atoms with van der Waals surface area (Å²) >= 11 is 0. The molecule has 5 nitrogen and oxygen atoms in total. The number of amides is 2. The van der Waals surface area contributed by atoms with Gasteiger partial charge in [-0.15, -0.1) is 0 Å². The third-order valence-corrected chi connectivity index (χ3v) is 6.30. The van der Waals surface area contributed by atoms with E-state index in [9.17, 15) is 4.79 Å². The second-order valence-electron chi connectivity index (χ2n) is 11.6. The molecule has 0 radical (unpaired) electrons. The monoisotopic (exact) mass is 470 g/mol. The first-order valence-electron chi connectivity index (χ1n) is 12.3. The number of benzene rings is 3. The van der Waals surface area contributed by atoms with Crippen LogP contribution in [-0.4, -0.2) is 27.1 Å². The lowest BCUT2D eigenvalue weighted by atomic mass is 9.94. The third kappa shape index (κ3) is 5.42. The zero-order valence-electron chi connectivity index (χ0n) is 22.2. The van der Waals surface area contributed by atoms with E-state index in [1.807, 2.05) is 41.5 Å². The van der Waals surface area contributed by atoms with Gasteiger partial charge in [-0.05, 0) is 101 Å². The van der Waals surface area contributed by atoms with E-state index in [1.54, 1.807) is 10.0 Å². The molecule has 3 aromatic rings. The summed E-state index contributed by atoms with van der Waals surface area (Å²) in [6.45, 7) is 16.5. The van der Waals surface area contributed by atoms with Crippen LogP contribution >= 0.6 is 0 Å². The van der Waals surface area contributed by atoms with Crippen molar-refractivity contribution in [1.82, 2.24) is 20.9 Å². The Morgan fingerprint density at radius 1 is 0.600 bits per heavy atom. The summed E-state index contributed by atoms with van der Waals surface area (Å²) in [6, 6.07) is 23.8. The predicted octanol–water partition coefficient (Wildman–Crippen LogP) is 6.98. The fraction of sp³-hybridized carbons (Fsp3) is 0.367. The number of rotatable bonds is 3. The average molecular weight is 471 g/mol. The molecular weight excluding hydrogens is 432 g/mol. The summed E-state index contributed by atoms with van der Waals surface area (Å²) in [4.78, 5) is 13.4. The molecule has 0 atom stereocenters. The van der Waals surface area contributed by atoms with Crippen LogP contribution < -0.4 is 10.9 Å². The van der Waals surface area contributed by atoms with Crippen LogP contribution in [0.4, 0.5) is 4.79 Å². The number of nitrogens with one attached hydrogen (secondary N) is 2. The molecule has 5 heteroatoms.